The number of benzene rings is 1. The van der Waals surface area contributed by atoms with Gasteiger partial charge in [-0.1, -0.05) is 0 Å². The van der Waals surface area contributed by atoms with Gasteiger partial charge in [-0.25, -0.2) is 4.39 Å². The molecule has 4 heterocycles. The number of nitrogens with one attached hydrogen (secondary N) is 1. The average molecular weight is 440 g/mol. The number of aromatic nitrogens is 2. The second kappa shape index (κ2) is 8.16. The van der Waals surface area contributed by atoms with Crippen molar-refractivity contribution < 1.29 is 13.5 Å². The first-order chi connectivity index (χ1) is 15.4. The Morgan fingerprint density at radius 3 is 2.94 bits per heavy atom. The van der Waals surface area contributed by atoms with E-state index in [1.165, 1.54) is 0 Å². The molecule has 0 bridgehead atoms. The summed E-state index contributed by atoms with van der Waals surface area (Å²) in [5.74, 6) is -2.29. The van der Waals surface area contributed by atoms with Crippen molar-refractivity contribution in [2.24, 2.45) is 0 Å². The Morgan fingerprint density at radius 2 is 2.16 bits per heavy atom. The van der Waals surface area contributed by atoms with Crippen LogP contribution in [0.4, 0.5) is 14.5 Å². The van der Waals surface area contributed by atoms with Crippen molar-refractivity contribution >= 4 is 16.6 Å². The van der Waals surface area contributed by atoms with E-state index in [9.17, 15) is 13.6 Å². The van der Waals surface area contributed by atoms with Gasteiger partial charge in [-0.3, -0.25) is 9.78 Å². The topological polar surface area (TPSA) is 59.4 Å². The fraction of sp³-hybridized carbons (Fsp3) is 0.417. The molecule has 0 amide bonds. The average Bonchev–Trinajstić information content (AvgIpc) is 2.80. The summed E-state index contributed by atoms with van der Waals surface area (Å²) in [6.07, 6.45) is 5.70. The standard InChI is InChI=1S/C24H26F2N4O2/c1-14-5-6-18(10-27-14)29-7-3-4-17(12-29)28-9-16-11-30-15(2)13-32-24-21(26)20(25)8-19(22(24)30)23(16)31/h5-6,8,10-11,15,17,28H,3-4,7,9,12-13H2,1-2H3/t15?,17-/m0/s1. The van der Waals surface area contributed by atoms with Crippen LogP contribution in [0, 0.1) is 18.6 Å². The molecule has 0 radical (unpaired) electrons. The number of halogens is 2. The van der Waals surface area contributed by atoms with Crippen molar-refractivity contribution in [2.75, 3.05) is 24.6 Å². The highest BCUT2D eigenvalue weighted by Gasteiger charge is 2.27. The third-order valence-electron chi connectivity index (χ3n) is 6.45. The molecule has 0 spiro atoms. The smallest absolute Gasteiger partial charge is 0.202 e. The van der Waals surface area contributed by atoms with E-state index in [1.54, 1.807) is 6.20 Å². The molecule has 0 aliphatic carbocycles. The highest BCUT2D eigenvalue weighted by Crippen LogP contribution is 2.35. The van der Waals surface area contributed by atoms with Gasteiger partial charge in [0, 0.05) is 43.1 Å². The van der Waals surface area contributed by atoms with Gasteiger partial charge >= 0.3 is 0 Å². The SMILES string of the molecule is Cc1ccc(N2CCC[C@H](NCc3cn4c5c(c(F)c(F)cc5c3=O)OCC4C)C2)cn1. The van der Waals surface area contributed by atoms with Crippen LogP contribution in [0.2, 0.25) is 0 Å². The largest absolute Gasteiger partial charge is 0.486 e. The van der Waals surface area contributed by atoms with Gasteiger partial charge in [0.05, 0.1) is 28.8 Å². The van der Waals surface area contributed by atoms with E-state index in [1.807, 2.05) is 30.7 Å². The van der Waals surface area contributed by atoms with Gasteiger partial charge in [0.25, 0.3) is 0 Å². The van der Waals surface area contributed by atoms with E-state index in [-0.39, 0.29) is 35.3 Å². The molecule has 2 aliphatic rings. The lowest BCUT2D eigenvalue weighted by Gasteiger charge is -2.35. The second-order valence-electron chi connectivity index (χ2n) is 8.77. The Bertz CT molecular complexity index is 1230. The van der Waals surface area contributed by atoms with Crippen LogP contribution >= 0.6 is 0 Å². The Hall–Kier alpha value is -3.00. The highest BCUT2D eigenvalue weighted by atomic mass is 19.2. The van der Waals surface area contributed by atoms with Crippen LogP contribution in [0.3, 0.4) is 0 Å². The van der Waals surface area contributed by atoms with Crippen molar-refractivity contribution in [1.29, 1.82) is 0 Å². The minimum atomic E-state index is -1.06. The zero-order valence-corrected chi connectivity index (χ0v) is 18.2. The third kappa shape index (κ3) is 3.62. The molecule has 2 atom stereocenters. The molecular formula is C24H26F2N4O2. The summed E-state index contributed by atoms with van der Waals surface area (Å²) in [6.45, 7) is 6.27. The van der Waals surface area contributed by atoms with Gasteiger partial charge in [-0.15, -0.1) is 0 Å². The Balaban J connectivity index is 1.40. The summed E-state index contributed by atoms with van der Waals surface area (Å²) in [5.41, 5.74) is 2.65. The van der Waals surface area contributed by atoms with Crippen LogP contribution < -0.4 is 20.4 Å². The maximum absolute atomic E-state index is 14.3. The zero-order chi connectivity index (χ0) is 22.4. The van der Waals surface area contributed by atoms with Gasteiger partial charge in [-0.2, -0.15) is 4.39 Å². The van der Waals surface area contributed by atoms with Crippen molar-refractivity contribution in [3.63, 3.8) is 0 Å². The lowest BCUT2D eigenvalue weighted by molar-refractivity contribution is 0.233. The van der Waals surface area contributed by atoms with Gasteiger partial charge < -0.3 is 19.5 Å². The van der Waals surface area contributed by atoms with Crippen molar-refractivity contribution in [2.45, 2.75) is 45.3 Å². The van der Waals surface area contributed by atoms with Crippen LogP contribution in [0.15, 0.2) is 35.4 Å². The number of nitrogens with zero attached hydrogens (tertiary/aromatic N) is 3. The fourth-order valence-corrected chi connectivity index (χ4v) is 4.66. The quantitative estimate of drug-likeness (QED) is 0.671. The van der Waals surface area contributed by atoms with Gasteiger partial charge in [-0.05, 0) is 44.9 Å². The first-order valence-corrected chi connectivity index (χ1v) is 11.0. The Labute approximate surface area is 184 Å². The molecule has 2 aliphatic heterocycles. The maximum Gasteiger partial charge on any atom is 0.202 e. The number of aryl methyl sites for hydroxylation is 1. The molecule has 0 saturated carbocycles. The van der Waals surface area contributed by atoms with E-state index >= 15 is 0 Å². The minimum Gasteiger partial charge on any atom is -0.486 e. The highest BCUT2D eigenvalue weighted by molar-refractivity contribution is 5.86. The van der Waals surface area contributed by atoms with Crippen LogP contribution in [-0.4, -0.2) is 35.3 Å². The molecule has 5 rings (SSSR count). The third-order valence-corrected chi connectivity index (χ3v) is 6.45. The number of piperidine rings is 1. The van der Waals surface area contributed by atoms with Crippen LogP contribution in [-0.2, 0) is 6.54 Å². The minimum absolute atomic E-state index is 0.0894. The van der Waals surface area contributed by atoms with E-state index < -0.39 is 11.6 Å². The molecule has 1 N–H and O–H groups in total. The molecular weight excluding hydrogens is 414 g/mol. The normalized spacial score (nSPS) is 20.4. The van der Waals surface area contributed by atoms with Crippen molar-refractivity contribution in [3.05, 3.63) is 63.7 Å². The van der Waals surface area contributed by atoms with Crippen molar-refractivity contribution in [1.82, 2.24) is 14.9 Å². The van der Waals surface area contributed by atoms with Crippen LogP contribution in [0.5, 0.6) is 5.75 Å². The Kier molecular flexibility index (Phi) is 5.33. The number of pyridine rings is 2. The summed E-state index contributed by atoms with van der Waals surface area (Å²) in [6, 6.07) is 5.20. The molecule has 1 unspecified atom stereocenters. The fourth-order valence-electron chi connectivity index (χ4n) is 4.66. The van der Waals surface area contributed by atoms with Crippen LogP contribution in [0.25, 0.3) is 10.9 Å². The molecule has 1 fully saturated rings. The summed E-state index contributed by atoms with van der Waals surface area (Å²) in [5, 5.41) is 3.66. The summed E-state index contributed by atoms with van der Waals surface area (Å²) < 4.78 is 35.7. The van der Waals surface area contributed by atoms with Crippen molar-refractivity contribution in [3.8, 4) is 5.75 Å². The first-order valence-electron chi connectivity index (χ1n) is 11.0. The number of anilines is 1. The lowest BCUT2D eigenvalue weighted by atomic mass is 10.0. The van der Waals surface area contributed by atoms with Crippen LogP contribution in [0.1, 0.15) is 37.1 Å². The number of rotatable bonds is 4. The molecule has 8 heteroatoms. The van der Waals surface area contributed by atoms with Gasteiger partial charge in [0.15, 0.2) is 17.0 Å². The molecule has 32 heavy (non-hydrogen) atoms. The number of ether oxygens (including phenoxy) is 1. The van der Waals surface area contributed by atoms with E-state index in [4.69, 9.17) is 4.74 Å². The van der Waals surface area contributed by atoms with E-state index in [0.29, 0.717) is 17.6 Å². The van der Waals surface area contributed by atoms with Gasteiger partial charge in [0.1, 0.15) is 6.61 Å². The number of hydrogen-bond acceptors (Lipinski definition) is 5. The zero-order valence-electron chi connectivity index (χ0n) is 18.2. The van der Waals surface area contributed by atoms with E-state index in [2.05, 4.69) is 21.3 Å². The first kappa shape index (κ1) is 20.9. The molecule has 3 aromatic rings. The Morgan fingerprint density at radius 1 is 1.31 bits per heavy atom. The lowest BCUT2D eigenvalue weighted by Crippen LogP contribution is -2.46. The molecule has 168 valence electrons. The van der Waals surface area contributed by atoms with E-state index in [0.717, 1.165) is 43.4 Å². The van der Waals surface area contributed by atoms with Gasteiger partial charge in [0.2, 0.25) is 5.82 Å². The summed E-state index contributed by atoms with van der Waals surface area (Å²) in [4.78, 5) is 19.8. The molecule has 1 aromatic carbocycles. The maximum atomic E-state index is 14.3. The predicted molar refractivity (Wildman–Crippen MR) is 119 cm³/mol. The predicted octanol–water partition coefficient (Wildman–Crippen LogP) is 3.70. The number of hydrogen-bond donors (Lipinski definition) is 1. The second-order valence-corrected chi connectivity index (χ2v) is 8.77. The molecule has 1 saturated heterocycles. The monoisotopic (exact) mass is 440 g/mol. The summed E-state index contributed by atoms with van der Waals surface area (Å²) in [7, 11) is 0. The molecule has 6 nitrogen and oxygen atoms in total. The molecule has 2 aromatic heterocycles. The summed E-state index contributed by atoms with van der Waals surface area (Å²) >= 11 is 0.